The number of halogens is 2. The van der Waals surface area contributed by atoms with Crippen molar-refractivity contribution in [2.45, 2.75) is 26.7 Å². The molecule has 2 aromatic rings. The number of nitrogen functional groups attached to an aromatic ring is 1. The van der Waals surface area contributed by atoms with Crippen LogP contribution in [0, 0.1) is 6.92 Å². The smallest absolute Gasteiger partial charge is 0.258 e. The third kappa shape index (κ3) is 5.53. The van der Waals surface area contributed by atoms with Gasteiger partial charge in [0.25, 0.3) is 5.69 Å². The third-order valence-corrected chi connectivity index (χ3v) is 3.22. The van der Waals surface area contributed by atoms with Gasteiger partial charge in [-0.15, -0.1) is 5.10 Å². The number of H-pyrrole nitrogens is 2. The van der Waals surface area contributed by atoms with Crippen LogP contribution in [0.4, 0.5) is 5.69 Å². The Morgan fingerprint density at radius 3 is 2.25 bits per heavy atom. The monoisotopic (exact) mass is 361 g/mol. The van der Waals surface area contributed by atoms with Gasteiger partial charge in [-0.2, -0.15) is 5.10 Å². The van der Waals surface area contributed by atoms with Crippen molar-refractivity contribution in [2.24, 2.45) is 0 Å². The Balaban J connectivity index is 0.000000526. The molecule has 1 aromatic heterocycles. The summed E-state index contributed by atoms with van der Waals surface area (Å²) in [7, 11) is 0. The molecule has 0 radical (unpaired) electrons. The van der Waals surface area contributed by atoms with Crippen LogP contribution < -0.4 is 23.2 Å². The summed E-state index contributed by atoms with van der Waals surface area (Å²) in [5.74, 6) is 0. The number of aromatic amines is 2. The molecule has 0 atom stereocenters. The van der Waals surface area contributed by atoms with E-state index in [0.717, 1.165) is 40.0 Å². The van der Waals surface area contributed by atoms with Crippen LogP contribution in [0.2, 0.25) is 0 Å². The highest BCUT2D eigenvalue weighted by Crippen LogP contribution is 2.24. The quantitative estimate of drug-likeness (QED) is 0.715. The fourth-order valence-electron chi connectivity index (χ4n) is 1.48. The lowest BCUT2D eigenvalue weighted by atomic mass is 10.1. The molecule has 2 rings (SSSR count). The van der Waals surface area contributed by atoms with Crippen molar-refractivity contribution in [3.8, 4) is 11.3 Å². The molecule has 0 aliphatic carbocycles. The molecule has 0 aliphatic heterocycles. The molecule has 0 spiro atoms. The number of unbranched alkanes of at least 4 members (excludes halogenated alkanes) is 1. The van der Waals surface area contributed by atoms with Crippen LogP contribution in [0.1, 0.15) is 25.5 Å². The average molecular weight is 363 g/mol. The maximum atomic E-state index is 8.07. The fourth-order valence-corrected chi connectivity index (χ4v) is 1.75. The highest BCUT2D eigenvalue weighted by Gasteiger charge is 2.14. The summed E-state index contributed by atoms with van der Waals surface area (Å²) >= 11 is 3.39. The van der Waals surface area contributed by atoms with E-state index in [9.17, 15) is 0 Å². The lowest BCUT2D eigenvalue weighted by Crippen LogP contribution is -3.00. The van der Waals surface area contributed by atoms with E-state index in [-0.39, 0.29) is 12.4 Å². The summed E-state index contributed by atoms with van der Waals surface area (Å²) < 4.78 is 1.06. The van der Waals surface area contributed by atoms with Crippen molar-refractivity contribution < 1.29 is 22.6 Å². The van der Waals surface area contributed by atoms with Gasteiger partial charge in [-0.05, 0) is 37.6 Å². The molecule has 0 aliphatic rings. The van der Waals surface area contributed by atoms with Crippen LogP contribution >= 0.6 is 15.9 Å². The summed E-state index contributed by atoms with van der Waals surface area (Å²) in [6.45, 7) is 4.33. The van der Waals surface area contributed by atoms with Crippen LogP contribution in [0.5, 0.6) is 0 Å². The van der Waals surface area contributed by atoms with Crippen molar-refractivity contribution in [1.82, 2.24) is 5.10 Å². The first-order chi connectivity index (χ1) is 9.10. The van der Waals surface area contributed by atoms with Crippen molar-refractivity contribution in [1.29, 1.82) is 0 Å². The molecule has 20 heavy (non-hydrogen) atoms. The zero-order chi connectivity index (χ0) is 14.3. The number of benzene rings is 1. The predicted octanol–water partition coefficient (Wildman–Crippen LogP) is -0.0683. The van der Waals surface area contributed by atoms with E-state index in [0.29, 0.717) is 6.61 Å². The number of anilines is 1. The van der Waals surface area contributed by atoms with E-state index < -0.39 is 0 Å². The molecule has 112 valence electrons. The van der Waals surface area contributed by atoms with E-state index in [4.69, 9.17) is 10.8 Å². The Kier molecular flexibility index (Phi) is 9.29. The Labute approximate surface area is 134 Å². The topological polar surface area (TPSA) is 76.2 Å². The van der Waals surface area contributed by atoms with E-state index in [1.807, 2.05) is 31.2 Å². The average Bonchev–Trinajstić information content (AvgIpc) is 2.73. The van der Waals surface area contributed by atoms with Gasteiger partial charge < -0.3 is 23.2 Å². The number of aryl methyl sites for hydroxylation is 1. The zero-order valence-electron chi connectivity index (χ0n) is 11.7. The molecule has 0 saturated carbocycles. The number of nitrogens with two attached hydrogens (primary N) is 1. The van der Waals surface area contributed by atoms with Crippen molar-refractivity contribution >= 4 is 21.6 Å². The Bertz CT molecular complexity index is 498. The minimum atomic E-state index is 0. The van der Waals surface area contributed by atoms with Crippen LogP contribution in [-0.2, 0) is 0 Å². The van der Waals surface area contributed by atoms with E-state index in [1.165, 1.54) is 0 Å². The first-order valence-corrected chi connectivity index (χ1v) is 7.12. The second-order valence-corrected chi connectivity index (χ2v) is 5.16. The number of aliphatic hydroxyl groups excluding tert-OH is 1. The number of nitrogens with one attached hydrogen (secondary N) is 2. The maximum Gasteiger partial charge on any atom is 0.258 e. The molecule has 5 N–H and O–H groups in total. The van der Waals surface area contributed by atoms with Crippen molar-refractivity contribution in [2.75, 3.05) is 12.3 Å². The van der Waals surface area contributed by atoms with Gasteiger partial charge in [0, 0.05) is 11.1 Å². The van der Waals surface area contributed by atoms with Gasteiger partial charge in [-0.1, -0.05) is 29.3 Å². The fraction of sp³-hybridized carbons (Fsp3) is 0.357. The van der Waals surface area contributed by atoms with Gasteiger partial charge in [0.15, 0.2) is 0 Å². The second-order valence-electron chi connectivity index (χ2n) is 4.25. The lowest BCUT2D eigenvalue weighted by molar-refractivity contribution is -0.437. The molecular weight excluding hydrogens is 342 g/mol. The Morgan fingerprint density at radius 2 is 1.90 bits per heavy atom. The SMILES string of the molecule is CCCCO.Cc1[nH][nH+]c(-c2ccc(Br)cc2)c1N.[Cl-]. The number of aliphatic hydroxyl groups is 1. The lowest BCUT2D eigenvalue weighted by Gasteiger charge is -1.94. The molecule has 0 amide bonds. The molecule has 0 unspecified atom stereocenters. The summed E-state index contributed by atoms with van der Waals surface area (Å²) in [4.78, 5) is 0. The van der Waals surface area contributed by atoms with Gasteiger partial charge in [0.1, 0.15) is 5.69 Å². The van der Waals surface area contributed by atoms with Gasteiger partial charge in [0.05, 0.1) is 11.3 Å². The highest BCUT2D eigenvalue weighted by atomic mass is 79.9. The van der Waals surface area contributed by atoms with Gasteiger partial charge in [0.2, 0.25) is 0 Å². The minimum Gasteiger partial charge on any atom is -1.00 e. The summed E-state index contributed by atoms with van der Waals surface area (Å²) in [6.07, 6.45) is 2.04. The number of aromatic nitrogens is 2. The number of hydrogen-bond acceptors (Lipinski definition) is 2. The first-order valence-electron chi connectivity index (χ1n) is 6.32. The van der Waals surface area contributed by atoms with Crippen molar-refractivity contribution in [3.05, 3.63) is 34.4 Å². The van der Waals surface area contributed by atoms with E-state index in [1.54, 1.807) is 0 Å². The molecule has 6 heteroatoms. The van der Waals surface area contributed by atoms with Gasteiger partial charge in [-0.25, -0.2) is 0 Å². The van der Waals surface area contributed by atoms with E-state index >= 15 is 0 Å². The van der Waals surface area contributed by atoms with Crippen LogP contribution in [-0.4, -0.2) is 16.8 Å². The summed E-state index contributed by atoms with van der Waals surface area (Å²) in [5.41, 5.74) is 9.65. The molecule has 0 fully saturated rings. The van der Waals surface area contributed by atoms with Gasteiger partial charge >= 0.3 is 0 Å². The van der Waals surface area contributed by atoms with Crippen LogP contribution in [0.3, 0.4) is 0 Å². The number of rotatable bonds is 3. The third-order valence-electron chi connectivity index (χ3n) is 2.69. The van der Waals surface area contributed by atoms with Crippen LogP contribution in [0.15, 0.2) is 28.7 Å². The standard InChI is InChI=1S/C10H10BrN3.C4H10O.ClH/c1-6-9(12)10(14-13-6)7-2-4-8(11)5-3-7;1-2-3-4-5;/h2-5H,12H2,1H3,(H,13,14);5H,2-4H2,1H3;1H. The zero-order valence-corrected chi connectivity index (χ0v) is 14.1. The largest absolute Gasteiger partial charge is 1.00 e. The first kappa shape index (κ1) is 19.0. The second kappa shape index (κ2) is 9.80. The Hall–Kier alpha value is -1.04. The molecule has 4 nitrogen and oxygen atoms in total. The van der Waals surface area contributed by atoms with Gasteiger partial charge in [-0.3, -0.25) is 0 Å². The van der Waals surface area contributed by atoms with Crippen molar-refractivity contribution in [3.63, 3.8) is 0 Å². The summed E-state index contributed by atoms with van der Waals surface area (Å²) in [5, 5.41) is 14.1. The number of hydrogen-bond donors (Lipinski definition) is 3. The van der Waals surface area contributed by atoms with E-state index in [2.05, 4.69) is 33.1 Å². The highest BCUT2D eigenvalue weighted by molar-refractivity contribution is 9.10. The predicted molar refractivity (Wildman–Crippen MR) is 81.6 cm³/mol. The summed E-state index contributed by atoms with van der Waals surface area (Å²) in [6, 6.07) is 8.01. The maximum absolute atomic E-state index is 8.07. The molecule has 0 saturated heterocycles. The normalized spacial score (nSPS) is 9.40. The Morgan fingerprint density at radius 1 is 1.30 bits per heavy atom. The van der Waals surface area contributed by atoms with Crippen LogP contribution in [0.25, 0.3) is 11.3 Å². The molecular formula is C14H21BrClN3O. The molecule has 1 heterocycles. The molecule has 0 bridgehead atoms. The molecule has 1 aromatic carbocycles. The minimum absolute atomic E-state index is 0.